The molecule has 0 aliphatic carbocycles. The highest BCUT2D eigenvalue weighted by molar-refractivity contribution is 7.17. The topological polar surface area (TPSA) is 56.7 Å². The van der Waals surface area contributed by atoms with Crippen molar-refractivity contribution < 1.29 is 0 Å². The predicted octanol–water partition coefficient (Wildman–Crippen LogP) is 3.32. The summed E-state index contributed by atoms with van der Waals surface area (Å²) in [7, 11) is 0. The SMILES string of the molecule is CC(C)n1ncnc1CC(N)c1csc2ccccc12. The van der Waals surface area contributed by atoms with Crippen molar-refractivity contribution in [2.45, 2.75) is 32.4 Å². The average Bonchev–Trinajstić information content (AvgIpc) is 3.04. The van der Waals surface area contributed by atoms with E-state index in [1.807, 2.05) is 4.68 Å². The van der Waals surface area contributed by atoms with Crippen molar-refractivity contribution in [3.05, 3.63) is 47.4 Å². The number of thiophene rings is 1. The fourth-order valence-corrected chi connectivity index (χ4v) is 3.47. The van der Waals surface area contributed by atoms with Crippen LogP contribution < -0.4 is 5.73 Å². The van der Waals surface area contributed by atoms with Crippen LogP contribution in [0.5, 0.6) is 0 Å². The Balaban J connectivity index is 1.89. The molecule has 4 nitrogen and oxygen atoms in total. The maximum absolute atomic E-state index is 6.39. The van der Waals surface area contributed by atoms with E-state index in [2.05, 4.69) is 53.6 Å². The Morgan fingerprint density at radius 1 is 1.30 bits per heavy atom. The van der Waals surface area contributed by atoms with Crippen LogP contribution in [0.25, 0.3) is 10.1 Å². The Bertz CT molecular complexity index is 713. The van der Waals surface area contributed by atoms with Crippen molar-refractivity contribution in [2.75, 3.05) is 0 Å². The monoisotopic (exact) mass is 286 g/mol. The van der Waals surface area contributed by atoms with E-state index < -0.39 is 0 Å². The Labute approximate surface area is 122 Å². The van der Waals surface area contributed by atoms with Crippen molar-refractivity contribution in [1.82, 2.24) is 14.8 Å². The number of fused-ring (bicyclic) bond motifs is 1. The van der Waals surface area contributed by atoms with Crippen LogP contribution in [0.4, 0.5) is 0 Å². The zero-order valence-electron chi connectivity index (χ0n) is 11.7. The van der Waals surface area contributed by atoms with Gasteiger partial charge in [0.2, 0.25) is 0 Å². The third kappa shape index (κ3) is 2.34. The molecule has 0 radical (unpaired) electrons. The van der Waals surface area contributed by atoms with E-state index in [1.54, 1.807) is 17.7 Å². The van der Waals surface area contributed by atoms with E-state index in [0.29, 0.717) is 12.5 Å². The number of hydrogen-bond donors (Lipinski definition) is 1. The maximum Gasteiger partial charge on any atom is 0.138 e. The molecule has 0 aliphatic heterocycles. The largest absolute Gasteiger partial charge is 0.324 e. The van der Waals surface area contributed by atoms with Crippen LogP contribution in [0.3, 0.4) is 0 Å². The number of rotatable bonds is 4. The molecule has 0 fully saturated rings. The highest BCUT2D eigenvalue weighted by atomic mass is 32.1. The van der Waals surface area contributed by atoms with Crippen molar-refractivity contribution >= 4 is 21.4 Å². The second kappa shape index (κ2) is 5.34. The number of aromatic nitrogens is 3. The molecule has 0 saturated heterocycles. The molecule has 0 amide bonds. The van der Waals surface area contributed by atoms with Gasteiger partial charge in [-0.05, 0) is 36.2 Å². The van der Waals surface area contributed by atoms with Gasteiger partial charge in [-0.3, -0.25) is 0 Å². The minimum Gasteiger partial charge on any atom is -0.324 e. The molecule has 2 heterocycles. The van der Waals surface area contributed by atoms with Crippen molar-refractivity contribution in [2.24, 2.45) is 5.73 Å². The fraction of sp³-hybridized carbons (Fsp3) is 0.333. The lowest BCUT2D eigenvalue weighted by Crippen LogP contribution is -2.17. The number of nitrogens with zero attached hydrogens (tertiary/aromatic N) is 3. The molecule has 104 valence electrons. The minimum absolute atomic E-state index is 0.0483. The molecule has 3 rings (SSSR count). The van der Waals surface area contributed by atoms with Crippen LogP contribution in [-0.4, -0.2) is 14.8 Å². The first-order valence-corrected chi connectivity index (χ1v) is 7.65. The van der Waals surface area contributed by atoms with Gasteiger partial charge < -0.3 is 5.73 Å². The molecule has 0 spiro atoms. The van der Waals surface area contributed by atoms with E-state index >= 15 is 0 Å². The predicted molar refractivity (Wildman–Crippen MR) is 82.9 cm³/mol. The summed E-state index contributed by atoms with van der Waals surface area (Å²) < 4.78 is 3.22. The minimum atomic E-state index is -0.0483. The highest BCUT2D eigenvalue weighted by Gasteiger charge is 2.16. The molecule has 1 unspecified atom stereocenters. The molecule has 1 aromatic carbocycles. The lowest BCUT2D eigenvalue weighted by molar-refractivity contribution is 0.494. The Hall–Kier alpha value is -1.72. The van der Waals surface area contributed by atoms with Gasteiger partial charge in [0.05, 0.1) is 0 Å². The number of hydrogen-bond acceptors (Lipinski definition) is 4. The second-order valence-electron chi connectivity index (χ2n) is 5.21. The summed E-state index contributed by atoms with van der Waals surface area (Å²) in [5.41, 5.74) is 7.59. The van der Waals surface area contributed by atoms with E-state index in [0.717, 1.165) is 5.82 Å². The van der Waals surface area contributed by atoms with Gasteiger partial charge in [-0.25, -0.2) is 9.67 Å². The fourth-order valence-electron chi connectivity index (χ4n) is 2.44. The number of benzene rings is 1. The lowest BCUT2D eigenvalue weighted by Gasteiger charge is -2.13. The zero-order valence-corrected chi connectivity index (χ0v) is 12.5. The lowest BCUT2D eigenvalue weighted by atomic mass is 10.0. The summed E-state index contributed by atoms with van der Waals surface area (Å²) >= 11 is 1.74. The summed E-state index contributed by atoms with van der Waals surface area (Å²) in [6.45, 7) is 4.20. The van der Waals surface area contributed by atoms with Crippen LogP contribution in [0.15, 0.2) is 36.0 Å². The van der Waals surface area contributed by atoms with Crippen molar-refractivity contribution in [1.29, 1.82) is 0 Å². The molecule has 1 atom stereocenters. The van der Waals surface area contributed by atoms with Gasteiger partial charge in [0.1, 0.15) is 12.2 Å². The van der Waals surface area contributed by atoms with Crippen LogP contribution in [0.2, 0.25) is 0 Å². The van der Waals surface area contributed by atoms with Crippen molar-refractivity contribution in [3.8, 4) is 0 Å². The van der Waals surface area contributed by atoms with Crippen LogP contribution in [0, 0.1) is 0 Å². The summed E-state index contributed by atoms with van der Waals surface area (Å²) in [5.74, 6) is 0.947. The Morgan fingerprint density at radius 2 is 2.10 bits per heavy atom. The smallest absolute Gasteiger partial charge is 0.138 e. The van der Waals surface area contributed by atoms with E-state index in [9.17, 15) is 0 Å². The normalized spacial score (nSPS) is 13.2. The van der Waals surface area contributed by atoms with Crippen molar-refractivity contribution in [3.63, 3.8) is 0 Å². The maximum atomic E-state index is 6.39. The first-order valence-electron chi connectivity index (χ1n) is 6.77. The van der Waals surface area contributed by atoms with E-state index in [-0.39, 0.29) is 6.04 Å². The molecule has 0 saturated carbocycles. The molecule has 2 aromatic heterocycles. The van der Waals surface area contributed by atoms with Gasteiger partial charge in [0, 0.05) is 23.2 Å². The third-order valence-corrected chi connectivity index (χ3v) is 4.43. The quantitative estimate of drug-likeness (QED) is 0.800. The van der Waals surface area contributed by atoms with Gasteiger partial charge in [-0.1, -0.05) is 18.2 Å². The second-order valence-corrected chi connectivity index (χ2v) is 6.12. The molecule has 3 aromatic rings. The van der Waals surface area contributed by atoms with Crippen LogP contribution in [-0.2, 0) is 6.42 Å². The molecule has 0 bridgehead atoms. The Kier molecular flexibility index (Phi) is 3.54. The van der Waals surface area contributed by atoms with E-state index in [4.69, 9.17) is 5.73 Å². The first-order chi connectivity index (χ1) is 9.66. The molecule has 20 heavy (non-hydrogen) atoms. The van der Waals surface area contributed by atoms with Gasteiger partial charge in [0.15, 0.2) is 0 Å². The van der Waals surface area contributed by atoms with Gasteiger partial charge >= 0.3 is 0 Å². The molecule has 5 heteroatoms. The van der Waals surface area contributed by atoms with E-state index in [1.165, 1.54) is 15.6 Å². The summed E-state index contributed by atoms with van der Waals surface area (Å²) in [6.07, 6.45) is 2.31. The van der Waals surface area contributed by atoms with Crippen LogP contribution >= 0.6 is 11.3 Å². The van der Waals surface area contributed by atoms with Crippen LogP contribution in [0.1, 0.15) is 37.3 Å². The molecule has 0 aliphatic rings. The summed E-state index contributed by atoms with van der Waals surface area (Å²) in [5, 5.41) is 7.67. The average molecular weight is 286 g/mol. The molecule has 2 N–H and O–H groups in total. The summed E-state index contributed by atoms with van der Waals surface area (Å²) in [6, 6.07) is 8.64. The summed E-state index contributed by atoms with van der Waals surface area (Å²) in [4.78, 5) is 4.34. The Morgan fingerprint density at radius 3 is 2.90 bits per heavy atom. The molecular formula is C15H18N4S. The first kappa shape index (κ1) is 13.3. The van der Waals surface area contributed by atoms with Gasteiger partial charge in [-0.2, -0.15) is 5.10 Å². The zero-order chi connectivity index (χ0) is 14.1. The van der Waals surface area contributed by atoms with Gasteiger partial charge in [0.25, 0.3) is 0 Å². The molecular weight excluding hydrogens is 268 g/mol. The highest BCUT2D eigenvalue weighted by Crippen LogP contribution is 2.30. The number of nitrogens with two attached hydrogens (primary N) is 1. The van der Waals surface area contributed by atoms with Gasteiger partial charge in [-0.15, -0.1) is 11.3 Å². The third-order valence-electron chi connectivity index (χ3n) is 3.45. The standard InChI is InChI=1S/C15H18N4S/c1-10(2)19-15(17-9-18-19)7-13(16)12-8-20-14-6-4-3-5-11(12)14/h3-6,8-10,13H,7,16H2,1-2H3.